The maximum Gasteiger partial charge on any atom is 0.243 e. The van der Waals surface area contributed by atoms with E-state index >= 15 is 0 Å². The molecule has 1 N–H and O–H groups in total. The second-order valence-corrected chi connectivity index (χ2v) is 7.53. The summed E-state index contributed by atoms with van der Waals surface area (Å²) in [4.78, 5) is 9.94. The van der Waals surface area contributed by atoms with E-state index in [9.17, 15) is 13.5 Å². The van der Waals surface area contributed by atoms with Crippen LogP contribution in [0.25, 0.3) is 0 Å². The van der Waals surface area contributed by atoms with Gasteiger partial charge in [-0.25, -0.2) is 8.42 Å². The highest BCUT2D eigenvalue weighted by Gasteiger charge is 2.25. The molecule has 1 aliphatic rings. The molecule has 0 aliphatic carbocycles. The van der Waals surface area contributed by atoms with Crippen LogP contribution in [0, 0.1) is 6.92 Å². The molecule has 2 aromatic carbocycles. The summed E-state index contributed by atoms with van der Waals surface area (Å²) in [7, 11) is -2.16. The van der Waals surface area contributed by atoms with E-state index in [1.54, 1.807) is 36.4 Å². The number of aryl methyl sites for hydroxylation is 1. The molecule has 3 rings (SSSR count). The number of sulfonamides is 1. The fraction of sp³-hybridized carbons (Fsp3) is 0.250. The third kappa shape index (κ3) is 2.90. The summed E-state index contributed by atoms with van der Waals surface area (Å²) < 4.78 is 26.4. The van der Waals surface area contributed by atoms with Gasteiger partial charge in [-0.1, -0.05) is 29.8 Å². The Morgan fingerprint density at radius 3 is 2.57 bits per heavy atom. The summed E-state index contributed by atoms with van der Waals surface area (Å²) in [5.41, 5.74) is 2.17. The highest BCUT2D eigenvalue weighted by atomic mass is 32.2. The van der Waals surface area contributed by atoms with Crippen LogP contribution in [0.2, 0.25) is 0 Å². The number of rotatable bonds is 4. The number of benzene rings is 2. The van der Waals surface area contributed by atoms with Crippen LogP contribution in [0.4, 0.5) is 0 Å². The third-order valence-electron chi connectivity index (χ3n) is 3.78. The Kier molecular flexibility index (Phi) is 4.01. The van der Waals surface area contributed by atoms with Gasteiger partial charge < -0.3 is 9.99 Å². The summed E-state index contributed by atoms with van der Waals surface area (Å²) in [6.07, 6.45) is 0. The molecule has 122 valence electrons. The Balaban J connectivity index is 1.87. The van der Waals surface area contributed by atoms with Gasteiger partial charge in [-0.05, 0) is 19.1 Å². The van der Waals surface area contributed by atoms with Crippen LogP contribution >= 0.6 is 0 Å². The van der Waals surface area contributed by atoms with E-state index in [2.05, 4.69) is 0 Å². The number of fused-ring (bicyclic) bond motifs is 1. The number of aromatic hydroxyl groups is 1. The van der Waals surface area contributed by atoms with Crippen molar-refractivity contribution in [3.63, 3.8) is 0 Å². The minimum atomic E-state index is -3.63. The summed E-state index contributed by atoms with van der Waals surface area (Å²) in [5.74, 6) is 0.162. The second kappa shape index (κ2) is 5.84. The standard InChI is InChI=1S/C16H17NO5S/c1-11-3-7-14(8-4-11)23(19,20)17(2)9-12-5-6-13-10-21-22-16(13)15(12)18/h3-8,18H,9-10H2,1-2H3. The zero-order valence-electron chi connectivity index (χ0n) is 12.8. The van der Waals surface area contributed by atoms with E-state index in [1.165, 1.54) is 11.4 Å². The quantitative estimate of drug-likeness (QED) is 0.868. The zero-order valence-corrected chi connectivity index (χ0v) is 13.6. The Hall–Kier alpha value is -2.09. The van der Waals surface area contributed by atoms with Gasteiger partial charge in [-0.2, -0.15) is 9.19 Å². The van der Waals surface area contributed by atoms with Gasteiger partial charge in [0.25, 0.3) is 0 Å². The molecule has 0 saturated heterocycles. The monoisotopic (exact) mass is 335 g/mol. The van der Waals surface area contributed by atoms with E-state index < -0.39 is 10.0 Å². The Bertz CT molecular complexity index is 830. The van der Waals surface area contributed by atoms with Crippen molar-refractivity contribution in [1.82, 2.24) is 4.31 Å². The van der Waals surface area contributed by atoms with Crippen LogP contribution in [-0.4, -0.2) is 24.9 Å². The van der Waals surface area contributed by atoms with Crippen molar-refractivity contribution < 1.29 is 23.3 Å². The van der Waals surface area contributed by atoms with E-state index in [4.69, 9.17) is 9.78 Å². The normalized spacial score (nSPS) is 13.9. The number of hydrogen-bond acceptors (Lipinski definition) is 5. The molecule has 6 nitrogen and oxygen atoms in total. The number of phenolic OH excluding ortho intramolecular Hbond substituents is 1. The van der Waals surface area contributed by atoms with E-state index in [0.29, 0.717) is 5.56 Å². The largest absolute Gasteiger partial charge is 0.504 e. The molecule has 1 heterocycles. The van der Waals surface area contributed by atoms with Gasteiger partial charge >= 0.3 is 0 Å². The number of hydrogen-bond donors (Lipinski definition) is 1. The van der Waals surface area contributed by atoms with Crippen LogP contribution in [0.1, 0.15) is 16.7 Å². The smallest absolute Gasteiger partial charge is 0.243 e. The average Bonchev–Trinajstić information content (AvgIpc) is 3.00. The van der Waals surface area contributed by atoms with Crippen molar-refractivity contribution in [2.75, 3.05) is 7.05 Å². The molecule has 0 radical (unpaired) electrons. The van der Waals surface area contributed by atoms with Gasteiger partial charge in [-0.15, -0.1) is 0 Å². The molecular formula is C16H17NO5S. The Labute approximate surface area is 134 Å². The first-order valence-corrected chi connectivity index (χ1v) is 8.50. The number of nitrogens with zero attached hydrogens (tertiary/aromatic N) is 1. The highest BCUT2D eigenvalue weighted by Crippen LogP contribution is 2.38. The zero-order chi connectivity index (χ0) is 16.6. The average molecular weight is 335 g/mol. The van der Waals surface area contributed by atoms with Gasteiger partial charge in [0.05, 0.1) is 4.90 Å². The minimum absolute atomic E-state index is 0.0265. The molecule has 0 atom stereocenters. The van der Waals surface area contributed by atoms with Gasteiger partial charge in [-0.3, -0.25) is 0 Å². The van der Waals surface area contributed by atoms with Gasteiger partial charge in [0, 0.05) is 24.7 Å². The van der Waals surface area contributed by atoms with Crippen molar-refractivity contribution in [3.8, 4) is 11.5 Å². The lowest BCUT2D eigenvalue weighted by Gasteiger charge is -2.18. The Morgan fingerprint density at radius 1 is 1.17 bits per heavy atom. The molecule has 0 unspecified atom stereocenters. The van der Waals surface area contributed by atoms with Gasteiger partial charge in [0.2, 0.25) is 15.8 Å². The van der Waals surface area contributed by atoms with Gasteiger partial charge in [0.15, 0.2) is 5.75 Å². The maximum absolute atomic E-state index is 12.6. The van der Waals surface area contributed by atoms with Crippen molar-refractivity contribution in [2.24, 2.45) is 0 Å². The molecule has 1 aliphatic heterocycles. The third-order valence-corrected chi connectivity index (χ3v) is 5.59. The van der Waals surface area contributed by atoms with Crippen molar-refractivity contribution >= 4 is 10.0 Å². The van der Waals surface area contributed by atoms with Crippen LogP contribution in [-0.2, 0) is 28.1 Å². The fourth-order valence-corrected chi connectivity index (χ4v) is 3.50. The van der Waals surface area contributed by atoms with E-state index in [0.717, 1.165) is 11.1 Å². The first-order valence-electron chi connectivity index (χ1n) is 7.06. The van der Waals surface area contributed by atoms with Crippen molar-refractivity contribution in [3.05, 3.63) is 53.1 Å². The fourth-order valence-electron chi connectivity index (χ4n) is 2.35. The summed E-state index contributed by atoms with van der Waals surface area (Å²) in [6, 6.07) is 10.1. The van der Waals surface area contributed by atoms with Crippen LogP contribution < -0.4 is 4.89 Å². The van der Waals surface area contributed by atoms with Crippen LogP contribution in [0.15, 0.2) is 41.3 Å². The summed E-state index contributed by atoms with van der Waals surface area (Å²) >= 11 is 0. The molecule has 7 heteroatoms. The summed E-state index contributed by atoms with van der Waals surface area (Å²) in [5, 5.41) is 10.2. The van der Waals surface area contributed by atoms with Crippen LogP contribution in [0.3, 0.4) is 0 Å². The second-order valence-electron chi connectivity index (χ2n) is 5.48. The first-order chi connectivity index (χ1) is 10.9. The lowest BCUT2D eigenvalue weighted by Crippen LogP contribution is -2.26. The maximum atomic E-state index is 12.6. The minimum Gasteiger partial charge on any atom is -0.504 e. The molecule has 0 spiro atoms. The molecule has 2 aromatic rings. The first kappa shape index (κ1) is 15.8. The molecule has 0 saturated carbocycles. The lowest BCUT2D eigenvalue weighted by molar-refractivity contribution is -0.195. The molecule has 0 fully saturated rings. The predicted octanol–water partition coefficient (Wildman–Crippen LogP) is 2.35. The molecular weight excluding hydrogens is 318 g/mol. The number of phenols is 1. The SMILES string of the molecule is Cc1ccc(S(=O)(=O)N(C)Cc2ccc3c(c2O)OOC3)cc1. The van der Waals surface area contributed by atoms with E-state index in [-0.39, 0.29) is 29.5 Å². The van der Waals surface area contributed by atoms with Crippen LogP contribution in [0.5, 0.6) is 11.5 Å². The van der Waals surface area contributed by atoms with Crippen molar-refractivity contribution in [2.45, 2.75) is 25.0 Å². The molecule has 0 amide bonds. The molecule has 23 heavy (non-hydrogen) atoms. The molecule has 0 aromatic heterocycles. The topological polar surface area (TPSA) is 76.1 Å². The highest BCUT2D eigenvalue weighted by molar-refractivity contribution is 7.89. The van der Waals surface area contributed by atoms with Gasteiger partial charge in [0.1, 0.15) is 6.61 Å². The Morgan fingerprint density at radius 2 is 1.87 bits per heavy atom. The lowest BCUT2D eigenvalue weighted by atomic mass is 10.1. The molecule has 0 bridgehead atoms. The summed E-state index contributed by atoms with van der Waals surface area (Å²) in [6.45, 7) is 2.18. The van der Waals surface area contributed by atoms with Crippen molar-refractivity contribution in [1.29, 1.82) is 0 Å². The predicted molar refractivity (Wildman–Crippen MR) is 83.4 cm³/mol. The van der Waals surface area contributed by atoms with E-state index in [1.807, 2.05) is 6.92 Å².